The number of fused-ring (bicyclic) bond motifs is 1. The SMILES string of the molecule is COc1cc(-c2cc(CC(=O)NC3CCC(NS(C)(=O)=O)CC3)c3c(N)ncnn23)ccn1. The molecule has 0 atom stereocenters. The Morgan fingerprint density at radius 2 is 1.94 bits per heavy atom. The van der Waals surface area contributed by atoms with Crippen LogP contribution >= 0.6 is 0 Å². The molecule has 1 fully saturated rings. The Hall–Kier alpha value is -3.25. The molecule has 1 aliphatic carbocycles. The number of nitrogens with zero attached hydrogens (tertiary/aromatic N) is 4. The second-order valence-electron chi connectivity index (χ2n) is 8.23. The van der Waals surface area contributed by atoms with Crippen LogP contribution in [0.15, 0.2) is 30.7 Å². The number of amides is 1. The van der Waals surface area contributed by atoms with Crippen LogP contribution < -0.4 is 20.5 Å². The molecule has 3 heterocycles. The summed E-state index contributed by atoms with van der Waals surface area (Å²) in [6.45, 7) is 0. The highest BCUT2D eigenvalue weighted by atomic mass is 32.2. The predicted molar refractivity (Wildman–Crippen MR) is 123 cm³/mol. The Bertz CT molecular complexity index is 1270. The van der Waals surface area contributed by atoms with Gasteiger partial charge in [0.05, 0.1) is 25.5 Å². The van der Waals surface area contributed by atoms with Gasteiger partial charge in [-0.15, -0.1) is 0 Å². The van der Waals surface area contributed by atoms with E-state index in [0.29, 0.717) is 42.6 Å². The van der Waals surface area contributed by atoms with Gasteiger partial charge in [0.2, 0.25) is 21.8 Å². The summed E-state index contributed by atoms with van der Waals surface area (Å²) in [6.07, 6.45) is 7.08. The third kappa shape index (κ3) is 5.40. The molecule has 3 aromatic rings. The minimum atomic E-state index is -3.23. The molecule has 0 aliphatic heterocycles. The van der Waals surface area contributed by atoms with Gasteiger partial charge in [-0.25, -0.2) is 27.6 Å². The Morgan fingerprint density at radius 3 is 2.64 bits per heavy atom. The van der Waals surface area contributed by atoms with Crippen LogP contribution in [0.25, 0.3) is 16.8 Å². The maximum Gasteiger partial charge on any atom is 0.224 e. The first-order valence-electron chi connectivity index (χ1n) is 10.6. The number of pyridine rings is 1. The number of methoxy groups -OCH3 is 1. The fourth-order valence-electron chi connectivity index (χ4n) is 4.28. The molecule has 1 aliphatic rings. The highest BCUT2D eigenvalue weighted by Gasteiger charge is 2.25. The summed E-state index contributed by atoms with van der Waals surface area (Å²) in [7, 11) is -1.69. The zero-order valence-electron chi connectivity index (χ0n) is 18.5. The Balaban J connectivity index is 1.50. The van der Waals surface area contributed by atoms with Crippen LogP contribution in [0.1, 0.15) is 31.2 Å². The number of hydrogen-bond donors (Lipinski definition) is 3. The van der Waals surface area contributed by atoms with Gasteiger partial charge in [-0.3, -0.25) is 4.79 Å². The van der Waals surface area contributed by atoms with Crippen LogP contribution in [0.3, 0.4) is 0 Å². The molecule has 0 radical (unpaired) electrons. The second-order valence-corrected chi connectivity index (χ2v) is 10.0. The normalized spacial score (nSPS) is 18.8. The quantitative estimate of drug-likeness (QED) is 0.457. The molecule has 0 unspecified atom stereocenters. The van der Waals surface area contributed by atoms with Gasteiger partial charge in [0, 0.05) is 29.9 Å². The summed E-state index contributed by atoms with van der Waals surface area (Å²) in [5.41, 5.74) is 8.99. The lowest BCUT2D eigenvalue weighted by Gasteiger charge is -2.29. The van der Waals surface area contributed by atoms with Crippen LogP contribution in [-0.4, -0.2) is 59.4 Å². The largest absolute Gasteiger partial charge is 0.481 e. The molecule has 0 spiro atoms. The topological polar surface area (TPSA) is 154 Å². The number of nitrogens with two attached hydrogens (primary N) is 1. The Morgan fingerprint density at radius 1 is 1.21 bits per heavy atom. The van der Waals surface area contributed by atoms with E-state index in [0.717, 1.165) is 17.5 Å². The lowest BCUT2D eigenvalue weighted by Crippen LogP contribution is -2.43. The molecule has 0 aromatic carbocycles. The Labute approximate surface area is 191 Å². The van der Waals surface area contributed by atoms with E-state index in [1.807, 2.05) is 12.1 Å². The van der Waals surface area contributed by atoms with Gasteiger partial charge in [0.25, 0.3) is 0 Å². The van der Waals surface area contributed by atoms with Crippen molar-refractivity contribution >= 4 is 27.3 Å². The van der Waals surface area contributed by atoms with Crippen molar-refractivity contribution in [3.05, 3.63) is 36.3 Å². The number of carbonyl (C=O) groups is 1. The third-order valence-electron chi connectivity index (χ3n) is 5.73. The summed E-state index contributed by atoms with van der Waals surface area (Å²) >= 11 is 0. The molecule has 0 bridgehead atoms. The van der Waals surface area contributed by atoms with Gasteiger partial charge in [-0.2, -0.15) is 5.10 Å². The molecule has 12 heteroatoms. The Kier molecular flexibility index (Phi) is 6.47. The number of carbonyl (C=O) groups excluding carboxylic acids is 1. The summed E-state index contributed by atoms with van der Waals surface area (Å²) < 4.78 is 32.4. The van der Waals surface area contributed by atoms with Crippen molar-refractivity contribution in [2.24, 2.45) is 0 Å². The first kappa shape index (κ1) is 22.9. The van der Waals surface area contributed by atoms with Gasteiger partial charge in [-0.1, -0.05) is 0 Å². The van der Waals surface area contributed by atoms with Gasteiger partial charge >= 0.3 is 0 Å². The van der Waals surface area contributed by atoms with Gasteiger partial charge < -0.3 is 15.8 Å². The molecule has 3 aromatic heterocycles. The molecule has 0 saturated heterocycles. The van der Waals surface area contributed by atoms with Crippen molar-refractivity contribution in [3.63, 3.8) is 0 Å². The summed E-state index contributed by atoms with van der Waals surface area (Å²) in [4.78, 5) is 21.1. The molecule has 1 amide bonds. The summed E-state index contributed by atoms with van der Waals surface area (Å²) in [5, 5.41) is 7.40. The smallest absolute Gasteiger partial charge is 0.224 e. The van der Waals surface area contributed by atoms with Crippen molar-refractivity contribution in [2.75, 3.05) is 19.1 Å². The van der Waals surface area contributed by atoms with Crippen molar-refractivity contribution in [3.8, 4) is 17.1 Å². The maximum atomic E-state index is 12.8. The fourth-order valence-corrected chi connectivity index (χ4v) is 5.12. The highest BCUT2D eigenvalue weighted by molar-refractivity contribution is 7.88. The zero-order chi connectivity index (χ0) is 23.6. The van der Waals surface area contributed by atoms with Crippen molar-refractivity contribution in [1.29, 1.82) is 0 Å². The minimum Gasteiger partial charge on any atom is -0.481 e. The van der Waals surface area contributed by atoms with E-state index in [2.05, 4.69) is 25.1 Å². The van der Waals surface area contributed by atoms with Crippen LogP contribution in [0.4, 0.5) is 5.82 Å². The van der Waals surface area contributed by atoms with Crippen LogP contribution in [0.5, 0.6) is 5.88 Å². The molecule has 1 saturated carbocycles. The molecule has 4 rings (SSSR count). The minimum absolute atomic E-state index is 0.00140. The number of sulfonamides is 1. The third-order valence-corrected chi connectivity index (χ3v) is 6.49. The standard InChI is InChI=1S/C21H27N7O4S/c1-32-19-11-13(7-8-23-19)17-9-14(20-21(22)24-12-25-28(17)20)10-18(29)26-15-3-5-16(6-4-15)27-33(2,30)31/h7-9,11-12,15-16,27H,3-6,10H2,1-2H3,(H,26,29)(H2,22,24,25). The highest BCUT2D eigenvalue weighted by Crippen LogP contribution is 2.29. The molecule has 11 nitrogen and oxygen atoms in total. The molecular weight excluding hydrogens is 446 g/mol. The van der Waals surface area contributed by atoms with E-state index >= 15 is 0 Å². The number of anilines is 1. The number of ether oxygens (including phenoxy) is 1. The first-order valence-corrected chi connectivity index (χ1v) is 12.5. The van der Waals surface area contributed by atoms with Gasteiger partial charge in [-0.05, 0) is 43.4 Å². The number of nitrogen functional groups attached to an aromatic ring is 1. The average Bonchev–Trinajstić information content (AvgIpc) is 3.13. The molecule has 33 heavy (non-hydrogen) atoms. The summed E-state index contributed by atoms with van der Waals surface area (Å²) in [6, 6.07) is 5.41. The first-order chi connectivity index (χ1) is 15.7. The number of rotatable bonds is 7. The predicted octanol–water partition coefficient (Wildman–Crippen LogP) is 0.901. The monoisotopic (exact) mass is 473 g/mol. The number of hydrogen-bond acceptors (Lipinski definition) is 8. The van der Waals surface area contributed by atoms with E-state index in [9.17, 15) is 13.2 Å². The van der Waals surface area contributed by atoms with Crippen LogP contribution in [0.2, 0.25) is 0 Å². The van der Waals surface area contributed by atoms with E-state index < -0.39 is 10.0 Å². The number of nitrogens with one attached hydrogen (secondary N) is 2. The van der Waals surface area contributed by atoms with E-state index in [4.69, 9.17) is 10.5 Å². The second kappa shape index (κ2) is 9.32. The zero-order valence-corrected chi connectivity index (χ0v) is 19.3. The van der Waals surface area contributed by atoms with Gasteiger partial charge in [0.15, 0.2) is 5.82 Å². The molecule has 176 valence electrons. The van der Waals surface area contributed by atoms with E-state index in [1.54, 1.807) is 23.9 Å². The van der Waals surface area contributed by atoms with Gasteiger partial charge in [0.1, 0.15) is 11.8 Å². The summed E-state index contributed by atoms with van der Waals surface area (Å²) in [5.74, 6) is 0.612. The van der Waals surface area contributed by atoms with E-state index in [1.165, 1.54) is 6.33 Å². The van der Waals surface area contributed by atoms with Crippen LogP contribution in [-0.2, 0) is 21.2 Å². The van der Waals surface area contributed by atoms with Crippen molar-refractivity contribution < 1.29 is 17.9 Å². The maximum absolute atomic E-state index is 12.8. The lowest BCUT2D eigenvalue weighted by molar-refractivity contribution is -0.121. The van der Waals surface area contributed by atoms with E-state index in [-0.39, 0.29) is 30.2 Å². The molecular formula is C21H27N7O4S. The average molecular weight is 474 g/mol. The lowest BCUT2D eigenvalue weighted by atomic mass is 9.91. The number of aromatic nitrogens is 4. The van der Waals surface area contributed by atoms with Crippen molar-refractivity contribution in [2.45, 2.75) is 44.2 Å². The molecule has 4 N–H and O–H groups in total. The van der Waals surface area contributed by atoms with Crippen LogP contribution in [0, 0.1) is 0 Å². The fraction of sp³-hybridized carbons (Fsp3) is 0.429. The van der Waals surface area contributed by atoms with Crippen molar-refractivity contribution in [1.82, 2.24) is 29.6 Å².